The van der Waals surface area contributed by atoms with Gasteiger partial charge in [-0.1, -0.05) is 0 Å². The van der Waals surface area contributed by atoms with Crippen LogP contribution < -0.4 is 0 Å². The molecule has 0 bridgehead atoms. The topological polar surface area (TPSA) is 110 Å². The van der Waals surface area contributed by atoms with E-state index in [9.17, 15) is 0 Å². The molecular weight excluding hydrogens is 168 g/mol. The number of hydrogen-bond acceptors (Lipinski definition) is 6. The van der Waals surface area contributed by atoms with E-state index in [1.165, 1.54) is 0 Å². The first-order valence-corrected chi connectivity index (χ1v) is 3.49. The predicted molar refractivity (Wildman–Crippen MR) is 38.1 cm³/mol. The van der Waals surface area contributed by atoms with Crippen LogP contribution in [0, 0.1) is 0 Å². The zero-order valence-electron chi connectivity index (χ0n) is 6.50. The van der Waals surface area contributed by atoms with E-state index in [4.69, 9.17) is 25.5 Å². The van der Waals surface area contributed by atoms with Crippen molar-refractivity contribution in [3.63, 3.8) is 0 Å². The molecule has 0 aromatic carbocycles. The average Bonchev–Trinajstić information content (AvgIpc) is 2.11. The lowest BCUT2D eigenvalue weighted by atomic mass is 10.2. The number of hydrogen-bond donors (Lipinski definition) is 5. The maximum Gasteiger partial charge on any atom is 0.178 e. The van der Waals surface area contributed by atoms with Gasteiger partial charge in [-0.25, -0.2) is 0 Å². The highest BCUT2D eigenvalue weighted by molar-refractivity contribution is 4.64. The molecule has 6 nitrogen and oxygen atoms in total. The fourth-order valence-electron chi connectivity index (χ4n) is 0.495. The molecule has 6 heteroatoms. The molecule has 74 valence electrons. The monoisotopic (exact) mass is 182 g/mol. The normalized spacial score (nSPS) is 18.8. The molecule has 0 fully saturated rings. The minimum absolute atomic E-state index is 0.344. The maximum absolute atomic E-state index is 8.93. The lowest BCUT2D eigenvalue weighted by molar-refractivity contribution is -0.156. The summed E-state index contributed by atoms with van der Waals surface area (Å²) < 4.78 is 4.46. The molecule has 1 unspecified atom stereocenters. The summed E-state index contributed by atoms with van der Waals surface area (Å²) in [6.45, 7) is -1.51. The molecular formula is C6H14O6. The Morgan fingerprint density at radius 2 is 1.50 bits per heavy atom. The van der Waals surface area contributed by atoms with Gasteiger partial charge in [0.15, 0.2) is 6.29 Å². The molecule has 12 heavy (non-hydrogen) atoms. The average molecular weight is 182 g/mol. The lowest BCUT2D eigenvalue weighted by Gasteiger charge is -2.17. The predicted octanol–water partition coefficient (Wildman–Crippen LogP) is -2.97. The van der Waals surface area contributed by atoms with Crippen LogP contribution in [0.15, 0.2) is 0 Å². The molecule has 0 rings (SSSR count). The Bertz CT molecular complexity index is 108. The first kappa shape index (κ1) is 11.8. The maximum atomic E-state index is 8.93. The Kier molecular flexibility index (Phi) is 6.17. The first-order valence-electron chi connectivity index (χ1n) is 3.49. The number of rotatable bonds is 6. The van der Waals surface area contributed by atoms with Gasteiger partial charge in [-0.05, 0) is 0 Å². The van der Waals surface area contributed by atoms with E-state index in [2.05, 4.69) is 4.74 Å². The number of aliphatic hydroxyl groups excluding tert-OH is 5. The zero-order chi connectivity index (χ0) is 9.56. The summed E-state index contributed by atoms with van der Waals surface area (Å²) in [5.74, 6) is 0. The van der Waals surface area contributed by atoms with Gasteiger partial charge >= 0.3 is 0 Å². The van der Waals surface area contributed by atoms with Crippen LogP contribution >= 0.6 is 0 Å². The quantitative estimate of drug-likeness (QED) is 0.280. The number of ether oxygens (including phenoxy) is 1. The third-order valence-electron chi connectivity index (χ3n) is 1.25. The summed E-state index contributed by atoms with van der Waals surface area (Å²) in [4.78, 5) is 0. The van der Waals surface area contributed by atoms with E-state index in [-0.39, 0.29) is 6.61 Å². The molecule has 0 heterocycles. The minimum atomic E-state index is -1.37. The van der Waals surface area contributed by atoms with Crippen LogP contribution in [0.2, 0.25) is 0 Å². The Morgan fingerprint density at radius 3 is 1.92 bits per heavy atom. The van der Waals surface area contributed by atoms with Crippen LogP contribution in [-0.2, 0) is 4.74 Å². The highest BCUT2D eigenvalue weighted by Crippen LogP contribution is 1.95. The van der Waals surface area contributed by atoms with E-state index < -0.39 is 31.7 Å². The van der Waals surface area contributed by atoms with Gasteiger partial charge in [0.1, 0.15) is 12.2 Å². The second-order valence-electron chi connectivity index (χ2n) is 2.29. The Morgan fingerprint density at radius 1 is 0.917 bits per heavy atom. The third kappa shape index (κ3) is 4.60. The Hall–Kier alpha value is -0.240. The minimum Gasteiger partial charge on any atom is -0.394 e. The van der Waals surface area contributed by atoms with Crippen molar-refractivity contribution in [1.82, 2.24) is 0 Å². The second kappa shape index (κ2) is 6.30. The van der Waals surface area contributed by atoms with Crippen LogP contribution in [-0.4, -0.2) is 63.9 Å². The fraction of sp³-hybridized carbons (Fsp3) is 1.00. The van der Waals surface area contributed by atoms with Gasteiger partial charge in [0.2, 0.25) is 0 Å². The lowest BCUT2D eigenvalue weighted by Crippen LogP contribution is -2.35. The summed E-state index contributed by atoms with van der Waals surface area (Å²) in [7, 11) is 0. The van der Waals surface area contributed by atoms with Gasteiger partial charge in [-0.15, -0.1) is 0 Å². The molecule has 0 aliphatic heterocycles. The number of aliphatic hydroxyl groups is 5. The third-order valence-corrected chi connectivity index (χ3v) is 1.25. The van der Waals surface area contributed by atoms with Crippen LogP contribution in [0.1, 0.15) is 0 Å². The smallest absolute Gasteiger partial charge is 0.178 e. The van der Waals surface area contributed by atoms with Crippen molar-refractivity contribution in [2.24, 2.45) is 0 Å². The SMILES string of the molecule is OCC(O)OC[C@@H](O)[C@H](O)CO. The molecule has 0 aromatic heterocycles. The van der Waals surface area contributed by atoms with E-state index in [1.807, 2.05) is 0 Å². The zero-order valence-corrected chi connectivity index (χ0v) is 6.50. The molecule has 0 aromatic rings. The van der Waals surface area contributed by atoms with Gasteiger partial charge in [0.05, 0.1) is 19.8 Å². The van der Waals surface area contributed by atoms with Crippen molar-refractivity contribution in [2.75, 3.05) is 19.8 Å². The Labute approximate surface area is 69.6 Å². The van der Waals surface area contributed by atoms with Crippen LogP contribution in [0.25, 0.3) is 0 Å². The molecule has 0 spiro atoms. The van der Waals surface area contributed by atoms with Crippen molar-refractivity contribution in [3.8, 4) is 0 Å². The molecule has 3 atom stereocenters. The molecule has 5 N–H and O–H groups in total. The van der Waals surface area contributed by atoms with Gasteiger partial charge in [0, 0.05) is 0 Å². The van der Waals surface area contributed by atoms with E-state index in [1.54, 1.807) is 0 Å². The molecule has 0 aliphatic rings. The van der Waals surface area contributed by atoms with E-state index in [0.29, 0.717) is 0 Å². The van der Waals surface area contributed by atoms with E-state index in [0.717, 1.165) is 0 Å². The van der Waals surface area contributed by atoms with Crippen LogP contribution in [0.4, 0.5) is 0 Å². The van der Waals surface area contributed by atoms with Gasteiger partial charge < -0.3 is 30.3 Å². The van der Waals surface area contributed by atoms with Crippen molar-refractivity contribution < 1.29 is 30.3 Å². The Balaban J connectivity index is 3.49. The molecule has 0 amide bonds. The molecule has 0 radical (unpaired) electrons. The first-order chi connectivity index (χ1) is 5.61. The summed E-state index contributed by atoms with van der Waals surface area (Å²) in [5.41, 5.74) is 0. The van der Waals surface area contributed by atoms with Crippen molar-refractivity contribution in [2.45, 2.75) is 18.5 Å². The largest absolute Gasteiger partial charge is 0.394 e. The van der Waals surface area contributed by atoms with Gasteiger partial charge in [0.25, 0.3) is 0 Å². The standard InChI is InChI=1S/C6H14O6/c7-1-4(9)5(10)3-12-6(11)2-8/h4-11H,1-3H2/t4-,5-,6?/m1/s1. The molecule has 0 saturated heterocycles. The summed E-state index contributed by atoms with van der Waals surface area (Å²) in [5, 5.41) is 43.0. The summed E-state index contributed by atoms with van der Waals surface area (Å²) in [6, 6.07) is 0. The summed E-state index contributed by atoms with van der Waals surface area (Å²) >= 11 is 0. The molecule has 0 saturated carbocycles. The van der Waals surface area contributed by atoms with Crippen molar-refractivity contribution in [3.05, 3.63) is 0 Å². The van der Waals surface area contributed by atoms with Crippen molar-refractivity contribution >= 4 is 0 Å². The summed E-state index contributed by atoms with van der Waals surface area (Å²) in [6.07, 6.45) is -3.93. The fourth-order valence-corrected chi connectivity index (χ4v) is 0.495. The van der Waals surface area contributed by atoms with Crippen LogP contribution in [0.3, 0.4) is 0 Å². The highest BCUT2D eigenvalue weighted by atomic mass is 16.6. The van der Waals surface area contributed by atoms with Gasteiger partial charge in [-0.2, -0.15) is 0 Å². The highest BCUT2D eigenvalue weighted by Gasteiger charge is 2.16. The van der Waals surface area contributed by atoms with Crippen molar-refractivity contribution in [1.29, 1.82) is 0 Å². The second-order valence-corrected chi connectivity index (χ2v) is 2.29. The van der Waals surface area contributed by atoms with E-state index >= 15 is 0 Å². The molecule has 0 aliphatic carbocycles. The van der Waals surface area contributed by atoms with Gasteiger partial charge in [-0.3, -0.25) is 0 Å². The van der Waals surface area contributed by atoms with Crippen LogP contribution in [0.5, 0.6) is 0 Å².